The van der Waals surface area contributed by atoms with Crippen molar-refractivity contribution in [2.75, 3.05) is 20.4 Å². The predicted molar refractivity (Wildman–Crippen MR) is 87.7 cm³/mol. The average Bonchev–Trinajstić information content (AvgIpc) is 2.88. The summed E-state index contributed by atoms with van der Waals surface area (Å²) in [5.74, 6) is 0.740. The zero-order chi connectivity index (χ0) is 16.5. The topological polar surface area (TPSA) is 68.1 Å². The van der Waals surface area contributed by atoms with E-state index in [9.17, 15) is 9.00 Å². The Hall–Kier alpha value is -1.76. The quantitative estimate of drug-likeness (QED) is 0.804. The highest BCUT2D eigenvalue weighted by atomic mass is 32.2. The maximum Gasteiger partial charge on any atom is 0.270 e. The molecule has 0 bridgehead atoms. The van der Waals surface area contributed by atoms with Crippen molar-refractivity contribution in [2.45, 2.75) is 31.0 Å². The SMILES string of the molecule is CN(C)C(=O)c1cc2cnc(S(C)=O)nc2n1C1CC2CC21C. The Bertz CT molecular complexity index is 859. The number of hydrogen-bond acceptors (Lipinski definition) is 4. The van der Waals surface area contributed by atoms with Gasteiger partial charge in [0.05, 0.1) is 10.8 Å². The van der Waals surface area contributed by atoms with Gasteiger partial charge in [-0.05, 0) is 30.2 Å². The monoisotopic (exact) mass is 332 g/mol. The summed E-state index contributed by atoms with van der Waals surface area (Å²) in [6.45, 7) is 2.28. The molecule has 0 N–H and O–H groups in total. The summed E-state index contributed by atoms with van der Waals surface area (Å²) >= 11 is 0. The molecule has 7 heteroatoms. The van der Waals surface area contributed by atoms with Crippen molar-refractivity contribution in [1.29, 1.82) is 0 Å². The summed E-state index contributed by atoms with van der Waals surface area (Å²) in [6, 6.07) is 2.15. The molecule has 6 nitrogen and oxygen atoms in total. The minimum absolute atomic E-state index is 0.0325. The second-order valence-corrected chi connectivity index (χ2v) is 8.42. The molecule has 2 aromatic heterocycles. The second kappa shape index (κ2) is 4.63. The number of amides is 1. The van der Waals surface area contributed by atoms with E-state index in [1.54, 1.807) is 31.4 Å². The van der Waals surface area contributed by atoms with E-state index in [-0.39, 0.29) is 17.4 Å². The Morgan fingerprint density at radius 3 is 2.74 bits per heavy atom. The van der Waals surface area contributed by atoms with Gasteiger partial charge < -0.3 is 9.47 Å². The molecule has 2 saturated carbocycles. The van der Waals surface area contributed by atoms with E-state index in [4.69, 9.17) is 0 Å². The third-order valence-corrected chi connectivity index (χ3v) is 6.19. The minimum atomic E-state index is -1.24. The first-order chi connectivity index (χ1) is 10.8. The van der Waals surface area contributed by atoms with E-state index in [0.29, 0.717) is 10.9 Å². The fraction of sp³-hybridized carbons (Fsp3) is 0.562. The van der Waals surface area contributed by atoms with Gasteiger partial charge in [-0.1, -0.05) is 6.92 Å². The first-order valence-electron chi connectivity index (χ1n) is 7.76. The van der Waals surface area contributed by atoms with Gasteiger partial charge in [-0.25, -0.2) is 9.97 Å². The number of fused-ring (bicyclic) bond motifs is 2. The molecule has 0 aromatic carbocycles. The smallest absolute Gasteiger partial charge is 0.270 e. The number of aromatic nitrogens is 3. The summed E-state index contributed by atoms with van der Waals surface area (Å²) in [6.07, 6.45) is 5.54. The van der Waals surface area contributed by atoms with Crippen LogP contribution >= 0.6 is 0 Å². The standard InChI is InChI=1S/C16H20N4O2S/c1-16-7-10(16)6-12(16)20-11(14(21)19(2)3)5-9-8-17-15(23(4)22)18-13(9)20/h5,8,10,12H,6-7H2,1-4H3. The normalized spacial score (nSPS) is 29.7. The van der Waals surface area contributed by atoms with Crippen LogP contribution in [0, 0.1) is 11.3 Å². The lowest BCUT2D eigenvalue weighted by atomic mass is 9.80. The maximum absolute atomic E-state index is 12.6. The van der Waals surface area contributed by atoms with Crippen LogP contribution in [-0.4, -0.2) is 49.9 Å². The molecule has 0 aliphatic heterocycles. The van der Waals surface area contributed by atoms with Gasteiger partial charge in [-0.3, -0.25) is 9.00 Å². The molecule has 2 heterocycles. The summed E-state index contributed by atoms with van der Waals surface area (Å²) in [5.41, 5.74) is 1.66. The summed E-state index contributed by atoms with van der Waals surface area (Å²) in [4.78, 5) is 22.9. The van der Waals surface area contributed by atoms with Crippen LogP contribution < -0.4 is 0 Å². The molecule has 4 rings (SSSR count). The Morgan fingerprint density at radius 2 is 2.22 bits per heavy atom. The molecule has 1 amide bonds. The Kier molecular flexibility index (Phi) is 2.98. The van der Waals surface area contributed by atoms with Gasteiger partial charge in [-0.2, -0.15) is 0 Å². The van der Waals surface area contributed by atoms with E-state index >= 15 is 0 Å². The molecule has 2 aromatic rings. The van der Waals surface area contributed by atoms with Gasteiger partial charge in [0.25, 0.3) is 5.91 Å². The van der Waals surface area contributed by atoms with Crippen molar-refractivity contribution < 1.29 is 9.00 Å². The molecular formula is C16H20N4O2S. The van der Waals surface area contributed by atoms with Gasteiger partial charge in [0.2, 0.25) is 5.16 Å². The third kappa shape index (κ3) is 1.99. The van der Waals surface area contributed by atoms with Crippen LogP contribution in [0.5, 0.6) is 0 Å². The Morgan fingerprint density at radius 1 is 1.48 bits per heavy atom. The molecular weight excluding hydrogens is 312 g/mol. The molecule has 2 aliphatic carbocycles. The van der Waals surface area contributed by atoms with E-state index in [1.807, 2.05) is 6.07 Å². The molecule has 0 saturated heterocycles. The fourth-order valence-electron chi connectivity index (χ4n) is 3.85. The van der Waals surface area contributed by atoms with E-state index in [1.165, 1.54) is 6.42 Å². The zero-order valence-corrected chi connectivity index (χ0v) is 14.6. The number of carbonyl (C=O) groups is 1. The van der Waals surface area contributed by atoms with Crippen LogP contribution in [0.3, 0.4) is 0 Å². The van der Waals surface area contributed by atoms with Crippen LogP contribution in [0.2, 0.25) is 0 Å². The number of rotatable bonds is 3. The van der Waals surface area contributed by atoms with E-state index in [0.717, 1.165) is 23.4 Å². The van der Waals surface area contributed by atoms with Gasteiger partial charge in [0.1, 0.15) is 11.3 Å². The lowest BCUT2D eigenvalue weighted by molar-refractivity contribution is 0.0803. The van der Waals surface area contributed by atoms with E-state index < -0.39 is 10.8 Å². The van der Waals surface area contributed by atoms with E-state index in [2.05, 4.69) is 21.5 Å². The van der Waals surface area contributed by atoms with Crippen LogP contribution in [-0.2, 0) is 10.8 Å². The predicted octanol–water partition coefficient (Wildman–Crippen LogP) is 1.84. The second-order valence-electron chi connectivity index (χ2n) is 7.14. The van der Waals surface area contributed by atoms with Crippen molar-refractivity contribution in [3.8, 4) is 0 Å². The van der Waals surface area contributed by atoms with Crippen molar-refractivity contribution in [1.82, 2.24) is 19.4 Å². The molecule has 2 fully saturated rings. The number of nitrogens with zero attached hydrogens (tertiary/aromatic N) is 4. The van der Waals surface area contributed by atoms with Gasteiger partial charge >= 0.3 is 0 Å². The van der Waals surface area contributed by atoms with Crippen molar-refractivity contribution in [2.24, 2.45) is 11.3 Å². The first kappa shape index (κ1) is 14.8. The molecule has 122 valence electrons. The molecule has 0 radical (unpaired) electrons. The van der Waals surface area contributed by atoms with Gasteiger partial charge in [0.15, 0.2) is 0 Å². The number of hydrogen-bond donors (Lipinski definition) is 0. The van der Waals surface area contributed by atoms with Crippen LogP contribution in [0.25, 0.3) is 11.0 Å². The molecule has 23 heavy (non-hydrogen) atoms. The van der Waals surface area contributed by atoms with Crippen LogP contribution in [0.4, 0.5) is 0 Å². The average molecular weight is 332 g/mol. The van der Waals surface area contributed by atoms with Crippen LogP contribution in [0.1, 0.15) is 36.3 Å². The summed E-state index contributed by atoms with van der Waals surface area (Å²) in [7, 11) is 2.27. The van der Waals surface area contributed by atoms with Gasteiger partial charge in [0, 0.05) is 38.0 Å². The summed E-state index contributed by atoms with van der Waals surface area (Å²) < 4.78 is 13.8. The lowest BCUT2D eigenvalue weighted by Gasteiger charge is -2.36. The van der Waals surface area contributed by atoms with Crippen molar-refractivity contribution in [3.63, 3.8) is 0 Å². The molecule has 4 unspecified atom stereocenters. The number of carbonyl (C=O) groups excluding carboxylic acids is 1. The lowest BCUT2D eigenvalue weighted by Crippen LogP contribution is -2.33. The third-order valence-electron chi connectivity index (χ3n) is 5.48. The minimum Gasteiger partial charge on any atom is -0.343 e. The maximum atomic E-state index is 12.6. The van der Waals surface area contributed by atoms with Gasteiger partial charge in [-0.15, -0.1) is 0 Å². The zero-order valence-electron chi connectivity index (χ0n) is 13.7. The van der Waals surface area contributed by atoms with Crippen molar-refractivity contribution in [3.05, 3.63) is 18.0 Å². The fourth-order valence-corrected chi connectivity index (χ4v) is 4.27. The highest BCUT2D eigenvalue weighted by Gasteiger charge is 2.65. The highest BCUT2D eigenvalue weighted by molar-refractivity contribution is 7.84. The van der Waals surface area contributed by atoms with Crippen molar-refractivity contribution >= 4 is 27.7 Å². The molecule has 0 spiro atoms. The summed E-state index contributed by atoms with van der Waals surface area (Å²) in [5, 5.41) is 1.15. The molecule has 4 atom stereocenters. The largest absolute Gasteiger partial charge is 0.343 e. The molecule has 2 aliphatic rings. The Labute approximate surface area is 137 Å². The first-order valence-corrected chi connectivity index (χ1v) is 9.32. The highest BCUT2D eigenvalue weighted by Crippen LogP contribution is 2.73. The Balaban J connectivity index is 1.94. The van der Waals surface area contributed by atoms with Crippen LogP contribution in [0.15, 0.2) is 17.4 Å².